The lowest BCUT2D eigenvalue weighted by Gasteiger charge is -2.06. The van der Waals surface area contributed by atoms with E-state index in [0.717, 1.165) is 4.47 Å². The van der Waals surface area contributed by atoms with Crippen molar-refractivity contribution in [1.29, 1.82) is 0 Å². The lowest BCUT2D eigenvalue weighted by atomic mass is 10.2. The highest BCUT2D eigenvalue weighted by Gasteiger charge is 2.08. The maximum absolute atomic E-state index is 12.0. The zero-order chi connectivity index (χ0) is 13.8. The molecule has 0 fully saturated rings. The second-order valence-corrected chi connectivity index (χ2v) is 6.12. The quantitative estimate of drug-likeness (QED) is 0.936. The maximum atomic E-state index is 12.0. The standard InChI is InChI=1S/C13H11BrN2O2S/c1-19(18)12-4-2-3-11(6-12)16-13(17)9-5-10(14)8-15-7-9/h2-8H,1H3,(H,16,17)/t19-/m0/s1. The van der Waals surface area contributed by atoms with Crippen LogP contribution in [0, 0.1) is 0 Å². The number of carbonyl (C=O) groups excluding carboxylic acids is 1. The number of rotatable bonds is 3. The van der Waals surface area contributed by atoms with E-state index in [1.54, 1.807) is 42.8 Å². The Balaban J connectivity index is 2.19. The largest absolute Gasteiger partial charge is 0.322 e. The zero-order valence-corrected chi connectivity index (χ0v) is 12.5. The smallest absolute Gasteiger partial charge is 0.257 e. The van der Waals surface area contributed by atoms with Gasteiger partial charge in [0, 0.05) is 44.5 Å². The van der Waals surface area contributed by atoms with E-state index in [-0.39, 0.29) is 5.91 Å². The molecule has 0 aliphatic heterocycles. The fourth-order valence-electron chi connectivity index (χ4n) is 1.49. The second kappa shape index (κ2) is 6.08. The Morgan fingerprint density at radius 2 is 2.11 bits per heavy atom. The number of nitrogens with zero attached hydrogens (tertiary/aromatic N) is 1. The van der Waals surface area contributed by atoms with Crippen LogP contribution in [0.1, 0.15) is 10.4 Å². The van der Waals surface area contributed by atoms with E-state index in [4.69, 9.17) is 0 Å². The number of hydrogen-bond acceptors (Lipinski definition) is 3. The molecule has 0 aliphatic rings. The summed E-state index contributed by atoms with van der Waals surface area (Å²) in [7, 11) is -1.07. The van der Waals surface area contributed by atoms with Gasteiger partial charge in [0.1, 0.15) is 0 Å². The minimum atomic E-state index is -1.07. The van der Waals surface area contributed by atoms with Crippen LogP contribution in [0.2, 0.25) is 0 Å². The molecule has 0 saturated carbocycles. The number of halogens is 1. The van der Waals surface area contributed by atoms with Crippen LogP contribution in [-0.4, -0.2) is 21.4 Å². The molecule has 0 saturated heterocycles. The molecule has 4 nitrogen and oxygen atoms in total. The van der Waals surface area contributed by atoms with Crippen LogP contribution in [0.15, 0.2) is 52.1 Å². The van der Waals surface area contributed by atoms with Gasteiger partial charge in [-0.05, 0) is 40.2 Å². The summed E-state index contributed by atoms with van der Waals surface area (Å²) >= 11 is 3.26. The van der Waals surface area contributed by atoms with Gasteiger partial charge in [-0.2, -0.15) is 0 Å². The molecule has 2 rings (SSSR count). The first kappa shape index (κ1) is 13.9. The lowest BCUT2D eigenvalue weighted by molar-refractivity contribution is 0.102. The molecule has 1 aromatic heterocycles. The number of amides is 1. The molecule has 0 bridgehead atoms. The molecule has 0 aliphatic carbocycles. The number of nitrogens with one attached hydrogen (secondary N) is 1. The summed E-state index contributed by atoms with van der Waals surface area (Å²) in [6, 6.07) is 8.64. The molecule has 6 heteroatoms. The van der Waals surface area contributed by atoms with E-state index in [1.165, 1.54) is 6.20 Å². The Kier molecular flexibility index (Phi) is 4.44. The van der Waals surface area contributed by atoms with E-state index >= 15 is 0 Å². The molecule has 1 N–H and O–H groups in total. The SMILES string of the molecule is C[S@](=O)c1cccc(NC(=O)c2cncc(Br)c2)c1. The molecule has 1 heterocycles. The summed E-state index contributed by atoms with van der Waals surface area (Å²) in [6.45, 7) is 0. The summed E-state index contributed by atoms with van der Waals surface area (Å²) in [5.74, 6) is -0.257. The van der Waals surface area contributed by atoms with E-state index < -0.39 is 10.8 Å². The first-order chi connectivity index (χ1) is 9.06. The summed E-state index contributed by atoms with van der Waals surface area (Å²) < 4.78 is 12.1. The van der Waals surface area contributed by atoms with Crippen molar-refractivity contribution in [2.75, 3.05) is 11.6 Å². The van der Waals surface area contributed by atoms with Crippen LogP contribution >= 0.6 is 15.9 Å². The Labute approximate surface area is 121 Å². The molecule has 0 spiro atoms. The fraction of sp³-hybridized carbons (Fsp3) is 0.0769. The first-order valence-corrected chi connectivity index (χ1v) is 7.77. The lowest BCUT2D eigenvalue weighted by Crippen LogP contribution is -2.12. The monoisotopic (exact) mass is 338 g/mol. The van der Waals surface area contributed by atoms with Gasteiger partial charge >= 0.3 is 0 Å². The summed E-state index contributed by atoms with van der Waals surface area (Å²) in [5, 5.41) is 2.75. The van der Waals surface area contributed by atoms with Crippen molar-refractivity contribution in [3.8, 4) is 0 Å². The number of anilines is 1. The van der Waals surface area contributed by atoms with Crippen LogP contribution in [0.4, 0.5) is 5.69 Å². The average Bonchev–Trinajstić information content (AvgIpc) is 2.39. The van der Waals surface area contributed by atoms with E-state index in [9.17, 15) is 9.00 Å². The van der Waals surface area contributed by atoms with Gasteiger partial charge in [0.25, 0.3) is 5.91 Å². The number of pyridine rings is 1. The Morgan fingerprint density at radius 1 is 1.32 bits per heavy atom. The molecule has 1 atom stereocenters. The van der Waals surface area contributed by atoms with Crippen LogP contribution in [-0.2, 0) is 10.8 Å². The van der Waals surface area contributed by atoms with E-state index in [1.807, 2.05) is 0 Å². The number of carbonyl (C=O) groups is 1. The molecular weight excluding hydrogens is 328 g/mol. The van der Waals surface area contributed by atoms with Crippen LogP contribution in [0.5, 0.6) is 0 Å². The predicted molar refractivity (Wildman–Crippen MR) is 78.7 cm³/mol. The van der Waals surface area contributed by atoms with Gasteiger partial charge < -0.3 is 5.32 Å². The van der Waals surface area contributed by atoms with Crippen molar-refractivity contribution in [1.82, 2.24) is 4.98 Å². The summed E-state index contributed by atoms with van der Waals surface area (Å²) in [5.41, 5.74) is 1.06. The highest BCUT2D eigenvalue weighted by Crippen LogP contribution is 2.15. The van der Waals surface area contributed by atoms with E-state index in [2.05, 4.69) is 26.2 Å². The second-order valence-electron chi connectivity index (χ2n) is 3.83. The minimum absolute atomic E-state index is 0.257. The molecular formula is C13H11BrN2O2S. The molecule has 98 valence electrons. The zero-order valence-electron chi connectivity index (χ0n) is 10.1. The third-order valence-electron chi connectivity index (χ3n) is 2.39. The van der Waals surface area contributed by atoms with Gasteiger partial charge in [-0.15, -0.1) is 0 Å². The molecule has 0 unspecified atom stereocenters. The van der Waals surface area contributed by atoms with Gasteiger partial charge in [0.15, 0.2) is 0 Å². The third kappa shape index (κ3) is 3.71. The highest BCUT2D eigenvalue weighted by molar-refractivity contribution is 9.10. The van der Waals surface area contributed by atoms with Crippen LogP contribution < -0.4 is 5.32 Å². The van der Waals surface area contributed by atoms with Crippen molar-refractivity contribution in [2.45, 2.75) is 4.90 Å². The van der Waals surface area contributed by atoms with Crippen LogP contribution in [0.25, 0.3) is 0 Å². The molecule has 0 radical (unpaired) electrons. The Hall–Kier alpha value is -1.53. The molecule has 2 aromatic rings. The van der Waals surface area contributed by atoms with Gasteiger partial charge in [0.05, 0.1) is 5.56 Å². The van der Waals surface area contributed by atoms with Crippen molar-refractivity contribution >= 4 is 38.3 Å². The van der Waals surface area contributed by atoms with Gasteiger partial charge in [0.2, 0.25) is 0 Å². The summed E-state index contributed by atoms with van der Waals surface area (Å²) in [4.78, 5) is 16.6. The highest BCUT2D eigenvalue weighted by atomic mass is 79.9. The van der Waals surface area contributed by atoms with Crippen molar-refractivity contribution in [3.05, 3.63) is 52.8 Å². The first-order valence-electron chi connectivity index (χ1n) is 5.41. The Bertz CT molecular complexity index is 646. The predicted octanol–water partition coefficient (Wildman–Crippen LogP) is 2.83. The Morgan fingerprint density at radius 3 is 2.79 bits per heavy atom. The van der Waals surface area contributed by atoms with Gasteiger partial charge in [-0.3, -0.25) is 14.0 Å². The minimum Gasteiger partial charge on any atom is -0.322 e. The topological polar surface area (TPSA) is 59.1 Å². The van der Waals surface area contributed by atoms with Crippen LogP contribution in [0.3, 0.4) is 0 Å². The number of aromatic nitrogens is 1. The number of benzene rings is 1. The van der Waals surface area contributed by atoms with Crippen molar-refractivity contribution in [2.24, 2.45) is 0 Å². The molecule has 1 aromatic carbocycles. The molecule has 1 amide bonds. The number of hydrogen-bond donors (Lipinski definition) is 1. The van der Waals surface area contributed by atoms with E-state index in [0.29, 0.717) is 16.1 Å². The van der Waals surface area contributed by atoms with Crippen molar-refractivity contribution in [3.63, 3.8) is 0 Å². The van der Waals surface area contributed by atoms with Crippen molar-refractivity contribution < 1.29 is 9.00 Å². The average molecular weight is 339 g/mol. The normalized spacial score (nSPS) is 11.9. The van der Waals surface area contributed by atoms with Gasteiger partial charge in [-0.1, -0.05) is 6.07 Å². The van der Waals surface area contributed by atoms with Gasteiger partial charge in [-0.25, -0.2) is 0 Å². The fourth-order valence-corrected chi connectivity index (χ4v) is 2.42. The maximum Gasteiger partial charge on any atom is 0.257 e. The third-order valence-corrected chi connectivity index (χ3v) is 3.74. The summed E-state index contributed by atoms with van der Waals surface area (Å²) in [6.07, 6.45) is 4.69. The molecule has 19 heavy (non-hydrogen) atoms.